The van der Waals surface area contributed by atoms with E-state index in [-0.39, 0.29) is 17.2 Å². The number of fused-ring (bicyclic) bond motifs is 2. The second-order valence-corrected chi connectivity index (χ2v) is 7.49. The Kier molecular flexibility index (Phi) is 4.88. The van der Waals surface area contributed by atoms with E-state index < -0.39 is 0 Å². The van der Waals surface area contributed by atoms with Crippen molar-refractivity contribution in [3.8, 4) is 0 Å². The zero-order chi connectivity index (χ0) is 19.7. The van der Waals surface area contributed by atoms with E-state index in [4.69, 9.17) is 0 Å². The number of para-hydroxylation sites is 1. The van der Waals surface area contributed by atoms with E-state index in [1.807, 2.05) is 66.7 Å². The lowest BCUT2D eigenvalue weighted by atomic mass is 10.1. The molecule has 0 bridgehead atoms. The predicted molar refractivity (Wildman–Crippen MR) is 115 cm³/mol. The Morgan fingerprint density at radius 3 is 2.39 bits per heavy atom. The van der Waals surface area contributed by atoms with Crippen molar-refractivity contribution in [1.82, 2.24) is 9.55 Å². The molecule has 5 nitrogen and oxygen atoms in total. The Balaban J connectivity index is 1.63. The zero-order valence-electron chi connectivity index (χ0n) is 15.6. The molecule has 0 saturated carbocycles. The fourth-order valence-electron chi connectivity index (χ4n) is 3.09. The summed E-state index contributed by atoms with van der Waals surface area (Å²) in [6.45, 7) is 0. The lowest BCUT2D eigenvalue weighted by molar-refractivity contribution is -0.115. The minimum atomic E-state index is -0.109. The normalized spacial score (nSPS) is 11.1. The first-order valence-electron chi connectivity index (χ1n) is 8.88. The van der Waals surface area contributed by atoms with Crippen LogP contribution in [0.4, 0.5) is 5.69 Å². The van der Waals surface area contributed by atoms with Gasteiger partial charge >= 0.3 is 0 Å². The highest BCUT2D eigenvalue weighted by Crippen LogP contribution is 2.23. The Morgan fingerprint density at radius 2 is 1.68 bits per heavy atom. The molecule has 0 spiro atoms. The first kappa shape index (κ1) is 18.3. The average molecular weight is 389 g/mol. The molecular formula is C22H19N3O2S. The number of hydrogen-bond donors (Lipinski definition) is 0. The monoisotopic (exact) mass is 389 g/mol. The summed E-state index contributed by atoms with van der Waals surface area (Å²) in [5.41, 5.74) is 1.37. The number of hydrogen-bond acceptors (Lipinski definition) is 4. The molecule has 0 N–H and O–H groups in total. The number of amides is 1. The van der Waals surface area contributed by atoms with Gasteiger partial charge in [-0.05, 0) is 35.0 Å². The van der Waals surface area contributed by atoms with Crippen LogP contribution in [0.3, 0.4) is 0 Å². The van der Waals surface area contributed by atoms with E-state index in [9.17, 15) is 9.59 Å². The molecule has 0 unspecified atom stereocenters. The molecule has 1 amide bonds. The van der Waals surface area contributed by atoms with Crippen molar-refractivity contribution in [2.45, 2.75) is 5.16 Å². The van der Waals surface area contributed by atoms with Crippen molar-refractivity contribution in [3.63, 3.8) is 0 Å². The third-order valence-electron chi connectivity index (χ3n) is 4.74. The number of anilines is 1. The van der Waals surface area contributed by atoms with Crippen LogP contribution in [0.15, 0.2) is 76.7 Å². The highest BCUT2D eigenvalue weighted by atomic mass is 32.2. The predicted octanol–water partition coefficient (Wildman–Crippen LogP) is 3.84. The summed E-state index contributed by atoms with van der Waals surface area (Å²) in [6.07, 6.45) is 0. The van der Waals surface area contributed by atoms with Gasteiger partial charge in [-0.1, -0.05) is 54.2 Å². The molecule has 0 aliphatic rings. The lowest BCUT2D eigenvalue weighted by Gasteiger charge is -2.17. The minimum absolute atomic E-state index is 0.0518. The number of carbonyl (C=O) groups is 1. The lowest BCUT2D eigenvalue weighted by Crippen LogP contribution is -2.28. The summed E-state index contributed by atoms with van der Waals surface area (Å²) in [4.78, 5) is 31.6. The van der Waals surface area contributed by atoms with Gasteiger partial charge in [0.25, 0.3) is 5.56 Å². The first-order chi connectivity index (χ1) is 13.5. The minimum Gasteiger partial charge on any atom is -0.315 e. The summed E-state index contributed by atoms with van der Waals surface area (Å²) in [6, 6.07) is 21.2. The third-order valence-corrected chi connectivity index (χ3v) is 5.76. The van der Waals surface area contributed by atoms with Crippen LogP contribution in [0.25, 0.3) is 21.7 Å². The van der Waals surface area contributed by atoms with Gasteiger partial charge in [0.05, 0.1) is 16.7 Å². The Labute approximate surface area is 166 Å². The van der Waals surface area contributed by atoms with Crippen LogP contribution >= 0.6 is 11.8 Å². The van der Waals surface area contributed by atoms with E-state index in [1.165, 1.54) is 16.3 Å². The van der Waals surface area contributed by atoms with Gasteiger partial charge in [-0.15, -0.1) is 0 Å². The maximum absolute atomic E-state index is 12.8. The molecule has 4 rings (SSSR count). The van der Waals surface area contributed by atoms with Crippen molar-refractivity contribution in [2.75, 3.05) is 17.7 Å². The van der Waals surface area contributed by atoms with Crippen LogP contribution in [0, 0.1) is 0 Å². The molecule has 0 atom stereocenters. The van der Waals surface area contributed by atoms with E-state index in [1.54, 1.807) is 19.0 Å². The Morgan fingerprint density at radius 1 is 1.04 bits per heavy atom. The maximum Gasteiger partial charge on any atom is 0.261 e. The summed E-state index contributed by atoms with van der Waals surface area (Å²) in [5, 5.41) is 3.15. The summed E-state index contributed by atoms with van der Waals surface area (Å²) >= 11 is 1.27. The quantitative estimate of drug-likeness (QED) is 0.302. The maximum atomic E-state index is 12.8. The molecular weight excluding hydrogens is 370 g/mol. The molecule has 4 aromatic rings. The van der Waals surface area contributed by atoms with Crippen LogP contribution < -0.4 is 10.5 Å². The van der Waals surface area contributed by atoms with Gasteiger partial charge in [-0.25, -0.2) is 4.98 Å². The van der Waals surface area contributed by atoms with E-state index >= 15 is 0 Å². The molecule has 0 aliphatic carbocycles. The van der Waals surface area contributed by atoms with Crippen LogP contribution in [0.5, 0.6) is 0 Å². The van der Waals surface area contributed by atoms with Gasteiger partial charge in [0, 0.05) is 19.8 Å². The molecule has 140 valence electrons. The van der Waals surface area contributed by atoms with E-state index in [2.05, 4.69) is 4.98 Å². The largest absolute Gasteiger partial charge is 0.315 e. The number of rotatable bonds is 4. The molecule has 1 heterocycles. The van der Waals surface area contributed by atoms with Gasteiger partial charge in [0.15, 0.2) is 5.16 Å². The van der Waals surface area contributed by atoms with Crippen LogP contribution in [0.2, 0.25) is 0 Å². The van der Waals surface area contributed by atoms with Crippen molar-refractivity contribution in [2.24, 2.45) is 7.05 Å². The number of carbonyl (C=O) groups excluding carboxylic acids is 1. The fraction of sp³-hybridized carbons (Fsp3) is 0.136. The smallest absolute Gasteiger partial charge is 0.261 e. The molecule has 3 aromatic carbocycles. The highest BCUT2D eigenvalue weighted by Gasteiger charge is 2.15. The topological polar surface area (TPSA) is 55.2 Å². The summed E-state index contributed by atoms with van der Waals surface area (Å²) in [5.74, 6) is 0.147. The van der Waals surface area contributed by atoms with Gasteiger partial charge in [-0.3, -0.25) is 14.2 Å². The van der Waals surface area contributed by atoms with Crippen molar-refractivity contribution in [1.29, 1.82) is 0 Å². The molecule has 0 radical (unpaired) electrons. The molecule has 6 heteroatoms. The Bertz CT molecular complexity index is 1240. The van der Waals surface area contributed by atoms with E-state index in [0.29, 0.717) is 16.1 Å². The molecule has 0 aliphatic heterocycles. The molecule has 0 saturated heterocycles. The molecule has 1 aromatic heterocycles. The number of nitrogens with zero attached hydrogens (tertiary/aromatic N) is 3. The average Bonchev–Trinajstić information content (AvgIpc) is 2.74. The van der Waals surface area contributed by atoms with Gasteiger partial charge < -0.3 is 4.90 Å². The third kappa shape index (κ3) is 3.39. The highest BCUT2D eigenvalue weighted by molar-refractivity contribution is 7.99. The second kappa shape index (κ2) is 7.48. The van der Waals surface area contributed by atoms with Crippen LogP contribution in [-0.2, 0) is 11.8 Å². The van der Waals surface area contributed by atoms with Crippen LogP contribution in [-0.4, -0.2) is 28.3 Å². The van der Waals surface area contributed by atoms with Gasteiger partial charge in [0.1, 0.15) is 0 Å². The zero-order valence-corrected chi connectivity index (χ0v) is 16.4. The van der Waals surface area contributed by atoms with Crippen molar-refractivity contribution >= 4 is 45.0 Å². The molecule has 28 heavy (non-hydrogen) atoms. The van der Waals surface area contributed by atoms with Crippen LogP contribution in [0.1, 0.15) is 0 Å². The van der Waals surface area contributed by atoms with Gasteiger partial charge in [0.2, 0.25) is 5.91 Å². The fourth-order valence-corrected chi connectivity index (χ4v) is 3.97. The van der Waals surface area contributed by atoms with Crippen molar-refractivity contribution in [3.05, 3.63) is 77.1 Å². The molecule has 0 fully saturated rings. The van der Waals surface area contributed by atoms with Gasteiger partial charge in [-0.2, -0.15) is 0 Å². The van der Waals surface area contributed by atoms with E-state index in [0.717, 1.165) is 16.5 Å². The number of thioether (sulfide) groups is 1. The SMILES string of the molecule is CN(C(=O)CSc1nc2cc3ccccc3cc2c(=O)n1C)c1ccccc1. The Hall–Kier alpha value is -3.12. The summed E-state index contributed by atoms with van der Waals surface area (Å²) in [7, 11) is 3.44. The second-order valence-electron chi connectivity index (χ2n) is 6.55. The first-order valence-corrected chi connectivity index (χ1v) is 9.87. The standard InChI is InChI=1S/C22H19N3O2S/c1-24(17-10-4-3-5-11-17)20(26)14-28-22-23-19-13-16-9-7-6-8-15(16)12-18(19)21(27)25(22)2/h3-13H,14H2,1-2H3. The summed E-state index contributed by atoms with van der Waals surface area (Å²) < 4.78 is 1.51. The number of benzene rings is 3. The number of aromatic nitrogens is 2. The van der Waals surface area contributed by atoms with Crippen molar-refractivity contribution < 1.29 is 4.79 Å².